The molecule has 66 valence electrons. The van der Waals surface area contributed by atoms with Gasteiger partial charge in [0.15, 0.2) is 0 Å². The first kappa shape index (κ1) is 9.40. The van der Waals surface area contributed by atoms with Crippen LogP contribution in [0.15, 0.2) is 0 Å². The molecule has 3 atom stereocenters. The van der Waals surface area contributed by atoms with Gasteiger partial charge in [-0.1, -0.05) is 13.8 Å². The Morgan fingerprint density at radius 3 is 2.64 bits per heavy atom. The van der Waals surface area contributed by atoms with Crippen LogP contribution in [-0.4, -0.2) is 17.3 Å². The zero-order valence-electron chi connectivity index (χ0n) is 7.67. The van der Waals surface area contributed by atoms with Crippen LogP contribution in [0.25, 0.3) is 0 Å². The van der Waals surface area contributed by atoms with Crippen LogP contribution < -0.4 is 0 Å². The van der Waals surface area contributed by atoms with Crippen LogP contribution in [0.1, 0.15) is 33.6 Å². The van der Waals surface area contributed by atoms with Crippen LogP contribution in [0.3, 0.4) is 0 Å². The highest BCUT2D eigenvalue weighted by Gasteiger charge is 2.30. The lowest BCUT2D eigenvalue weighted by Crippen LogP contribution is -2.05. The second-order valence-electron chi connectivity index (χ2n) is 3.18. The predicted molar refractivity (Wildman–Crippen MR) is 50.9 cm³/mol. The summed E-state index contributed by atoms with van der Waals surface area (Å²) in [5, 5.41) is 0.839. The molecule has 0 bridgehead atoms. The van der Waals surface area contributed by atoms with Crippen molar-refractivity contribution in [2.75, 3.05) is 6.61 Å². The Bertz CT molecular complexity index is 116. The van der Waals surface area contributed by atoms with E-state index in [4.69, 9.17) is 4.74 Å². The Morgan fingerprint density at radius 1 is 1.45 bits per heavy atom. The molecule has 1 fully saturated rings. The second-order valence-corrected chi connectivity index (χ2v) is 4.58. The van der Waals surface area contributed by atoms with E-state index >= 15 is 0 Å². The molecule has 1 rings (SSSR count). The Labute approximate surface area is 73.9 Å². The standard InChI is InChI=1S/C9H18OS/c1-4-8-7(3)6-9(11-8)10-5-2/h7-9H,4-6H2,1-3H3/t7-,8+,9?/m0/s1. The lowest BCUT2D eigenvalue weighted by atomic mass is 10.0. The number of rotatable bonds is 3. The van der Waals surface area contributed by atoms with E-state index in [1.165, 1.54) is 12.8 Å². The molecule has 0 spiro atoms. The van der Waals surface area contributed by atoms with Crippen LogP contribution in [0, 0.1) is 5.92 Å². The molecule has 0 N–H and O–H groups in total. The number of ether oxygens (including phenoxy) is 1. The van der Waals surface area contributed by atoms with Crippen molar-refractivity contribution in [1.29, 1.82) is 0 Å². The van der Waals surface area contributed by atoms with Gasteiger partial charge in [0.25, 0.3) is 0 Å². The van der Waals surface area contributed by atoms with E-state index < -0.39 is 0 Å². The third-order valence-electron chi connectivity index (χ3n) is 2.28. The Kier molecular flexibility index (Phi) is 3.73. The largest absolute Gasteiger partial charge is 0.368 e. The van der Waals surface area contributed by atoms with Crippen molar-refractivity contribution in [3.63, 3.8) is 0 Å². The van der Waals surface area contributed by atoms with E-state index in [1.807, 2.05) is 11.8 Å². The smallest absolute Gasteiger partial charge is 0.103 e. The molecule has 0 saturated carbocycles. The van der Waals surface area contributed by atoms with Gasteiger partial charge in [0.05, 0.1) is 0 Å². The molecule has 0 radical (unpaired) electrons. The number of thioether (sulfide) groups is 1. The number of hydrogen-bond donors (Lipinski definition) is 0. The van der Waals surface area contributed by atoms with E-state index in [1.54, 1.807) is 0 Å². The summed E-state index contributed by atoms with van der Waals surface area (Å²) in [4.78, 5) is 0. The maximum Gasteiger partial charge on any atom is 0.103 e. The zero-order chi connectivity index (χ0) is 8.27. The SMILES string of the molecule is CCOC1C[C@H](C)[C@@H](CC)S1. The monoisotopic (exact) mass is 174 g/mol. The van der Waals surface area contributed by atoms with E-state index in [9.17, 15) is 0 Å². The molecular weight excluding hydrogens is 156 g/mol. The second kappa shape index (κ2) is 4.36. The van der Waals surface area contributed by atoms with Crippen molar-refractivity contribution in [2.24, 2.45) is 5.92 Å². The molecule has 0 amide bonds. The zero-order valence-corrected chi connectivity index (χ0v) is 8.49. The highest BCUT2D eigenvalue weighted by molar-refractivity contribution is 8.00. The molecule has 1 saturated heterocycles. The first-order chi connectivity index (χ1) is 5.27. The molecule has 1 nitrogen and oxygen atoms in total. The van der Waals surface area contributed by atoms with Crippen LogP contribution in [0.4, 0.5) is 0 Å². The Balaban J connectivity index is 2.30. The summed E-state index contributed by atoms with van der Waals surface area (Å²) in [6.45, 7) is 7.54. The molecule has 0 aliphatic carbocycles. The lowest BCUT2D eigenvalue weighted by Gasteiger charge is -2.09. The van der Waals surface area contributed by atoms with Gasteiger partial charge in [0.2, 0.25) is 0 Å². The van der Waals surface area contributed by atoms with Gasteiger partial charge in [-0.15, -0.1) is 11.8 Å². The third-order valence-corrected chi connectivity index (χ3v) is 4.06. The van der Waals surface area contributed by atoms with Crippen LogP contribution in [0.2, 0.25) is 0 Å². The Hall–Kier alpha value is 0.310. The van der Waals surface area contributed by atoms with Gasteiger partial charge >= 0.3 is 0 Å². The molecule has 2 heteroatoms. The maximum absolute atomic E-state index is 5.57. The van der Waals surface area contributed by atoms with Crippen molar-refractivity contribution in [2.45, 2.75) is 44.3 Å². The van der Waals surface area contributed by atoms with E-state index in [0.29, 0.717) is 5.44 Å². The van der Waals surface area contributed by atoms with Gasteiger partial charge in [-0.05, 0) is 25.7 Å². The number of hydrogen-bond acceptors (Lipinski definition) is 2. The topological polar surface area (TPSA) is 9.23 Å². The van der Waals surface area contributed by atoms with Crippen LogP contribution in [-0.2, 0) is 4.74 Å². The third kappa shape index (κ3) is 2.38. The first-order valence-electron chi connectivity index (χ1n) is 4.55. The first-order valence-corrected chi connectivity index (χ1v) is 5.49. The highest BCUT2D eigenvalue weighted by atomic mass is 32.2. The summed E-state index contributed by atoms with van der Waals surface area (Å²) in [5.74, 6) is 0.849. The lowest BCUT2D eigenvalue weighted by molar-refractivity contribution is 0.116. The van der Waals surface area contributed by atoms with Crippen molar-refractivity contribution in [1.82, 2.24) is 0 Å². The summed E-state index contributed by atoms with van der Waals surface area (Å²) >= 11 is 2.02. The van der Waals surface area contributed by atoms with Crippen molar-refractivity contribution in [3.05, 3.63) is 0 Å². The van der Waals surface area contributed by atoms with Crippen molar-refractivity contribution >= 4 is 11.8 Å². The van der Waals surface area contributed by atoms with Gasteiger partial charge in [0.1, 0.15) is 5.44 Å². The molecule has 11 heavy (non-hydrogen) atoms. The molecule has 1 aliphatic rings. The average Bonchev–Trinajstić information content (AvgIpc) is 2.32. The van der Waals surface area contributed by atoms with E-state index in [0.717, 1.165) is 17.8 Å². The minimum absolute atomic E-state index is 0.486. The molecule has 1 aliphatic heterocycles. The molecule has 1 unspecified atom stereocenters. The Morgan fingerprint density at radius 2 is 2.18 bits per heavy atom. The molecule has 0 aromatic rings. The van der Waals surface area contributed by atoms with Crippen LogP contribution >= 0.6 is 11.8 Å². The van der Waals surface area contributed by atoms with Crippen molar-refractivity contribution < 1.29 is 4.74 Å². The van der Waals surface area contributed by atoms with Gasteiger partial charge in [0, 0.05) is 11.9 Å². The van der Waals surface area contributed by atoms with Crippen molar-refractivity contribution in [3.8, 4) is 0 Å². The quantitative estimate of drug-likeness (QED) is 0.650. The van der Waals surface area contributed by atoms with Gasteiger partial charge in [-0.2, -0.15) is 0 Å². The van der Waals surface area contributed by atoms with E-state index in [-0.39, 0.29) is 0 Å². The fourth-order valence-electron chi connectivity index (χ4n) is 1.63. The van der Waals surface area contributed by atoms with Gasteiger partial charge in [-0.3, -0.25) is 0 Å². The minimum Gasteiger partial charge on any atom is -0.368 e. The summed E-state index contributed by atoms with van der Waals surface area (Å²) in [6, 6.07) is 0. The maximum atomic E-state index is 5.57. The molecule has 1 heterocycles. The predicted octanol–water partition coefficient (Wildman–Crippen LogP) is 2.90. The highest BCUT2D eigenvalue weighted by Crippen LogP contribution is 2.40. The molecule has 0 aromatic carbocycles. The summed E-state index contributed by atoms with van der Waals surface area (Å²) in [7, 11) is 0. The normalized spacial score (nSPS) is 37.9. The van der Waals surface area contributed by atoms with E-state index in [2.05, 4.69) is 20.8 Å². The minimum atomic E-state index is 0.486. The fraction of sp³-hybridized carbons (Fsp3) is 1.00. The average molecular weight is 174 g/mol. The summed E-state index contributed by atoms with van der Waals surface area (Å²) in [6.07, 6.45) is 2.53. The summed E-state index contributed by atoms with van der Waals surface area (Å²) in [5.41, 5.74) is 0.486. The van der Waals surface area contributed by atoms with Gasteiger partial charge < -0.3 is 4.74 Å². The molecule has 0 aromatic heterocycles. The van der Waals surface area contributed by atoms with Crippen LogP contribution in [0.5, 0.6) is 0 Å². The molecular formula is C9H18OS. The fourth-order valence-corrected chi connectivity index (χ4v) is 3.22. The summed E-state index contributed by atoms with van der Waals surface area (Å²) < 4.78 is 5.57. The van der Waals surface area contributed by atoms with Gasteiger partial charge in [-0.25, -0.2) is 0 Å².